The first-order valence-electron chi connectivity index (χ1n) is 7.04. The van der Waals surface area contributed by atoms with E-state index in [-0.39, 0.29) is 5.41 Å². The zero-order chi connectivity index (χ0) is 12.8. The first-order valence-corrected chi connectivity index (χ1v) is 7.04. The van der Waals surface area contributed by atoms with Gasteiger partial charge in [0.1, 0.15) is 5.75 Å². The Morgan fingerprint density at radius 2 is 2.17 bits per heavy atom. The van der Waals surface area contributed by atoms with E-state index >= 15 is 0 Å². The maximum Gasteiger partial charge on any atom is 0.115 e. The second-order valence-corrected chi connectivity index (χ2v) is 6.50. The molecule has 98 valence electrons. The fourth-order valence-corrected chi connectivity index (χ4v) is 3.98. The van der Waals surface area contributed by atoms with Crippen LogP contribution in [0.4, 0.5) is 0 Å². The van der Waals surface area contributed by atoms with Gasteiger partial charge in [-0.2, -0.15) is 0 Å². The summed E-state index contributed by atoms with van der Waals surface area (Å²) in [5.41, 5.74) is 2.92. The van der Waals surface area contributed by atoms with Gasteiger partial charge in [-0.3, -0.25) is 0 Å². The Morgan fingerprint density at radius 3 is 2.94 bits per heavy atom. The van der Waals surface area contributed by atoms with Crippen LogP contribution in [0.3, 0.4) is 0 Å². The van der Waals surface area contributed by atoms with Crippen LogP contribution >= 0.6 is 0 Å². The average molecular weight is 246 g/mol. The molecule has 2 aliphatic rings. The summed E-state index contributed by atoms with van der Waals surface area (Å²) < 4.78 is 0. The van der Waals surface area contributed by atoms with Crippen molar-refractivity contribution in [3.8, 4) is 5.75 Å². The van der Waals surface area contributed by atoms with Crippen LogP contribution in [-0.2, 0) is 6.42 Å². The third-order valence-electron chi connectivity index (χ3n) is 5.08. The van der Waals surface area contributed by atoms with Crippen LogP contribution in [0.15, 0.2) is 18.2 Å². The Hall–Kier alpha value is -1.02. The summed E-state index contributed by atoms with van der Waals surface area (Å²) >= 11 is 0. The first-order chi connectivity index (χ1) is 8.61. The van der Waals surface area contributed by atoms with Crippen molar-refractivity contribution >= 4 is 0 Å². The smallest absolute Gasteiger partial charge is 0.115 e. The quantitative estimate of drug-likeness (QED) is 0.798. The first kappa shape index (κ1) is 12.0. The van der Waals surface area contributed by atoms with Crippen molar-refractivity contribution in [3.05, 3.63) is 29.3 Å². The summed E-state index contributed by atoms with van der Waals surface area (Å²) in [6.07, 6.45) is 5.72. The number of aromatic hydroxyl groups is 1. The van der Waals surface area contributed by atoms with E-state index in [1.807, 2.05) is 12.1 Å². The maximum atomic E-state index is 9.57. The van der Waals surface area contributed by atoms with E-state index in [1.165, 1.54) is 24.0 Å². The van der Waals surface area contributed by atoms with Gasteiger partial charge >= 0.3 is 0 Å². The molecule has 0 aliphatic heterocycles. The van der Waals surface area contributed by atoms with E-state index in [0.717, 1.165) is 19.3 Å². The van der Waals surface area contributed by atoms with Crippen molar-refractivity contribution in [2.75, 3.05) is 6.61 Å². The highest BCUT2D eigenvalue weighted by molar-refractivity contribution is 5.39. The highest BCUT2D eigenvalue weighted by Crippen LogP contribution is 2.51. The molecule has 2 nitrogen and oxygen atoms in total. The van der Waals surface area contributed by atoms with E-state index in [1.54, 1.807) is 0 Å². The topological polar surface area (TPSA) is 40.5 Å². The number of hydrogen-bond donors (Lipinski definition) is 2. The number of aryl methyl sites for hydroxylation is 1. The zero-order valence-electron chi connectivity index (χ0n) is 11.0. The minimum absolute atomic E-state index is 0.135. The second-order valence-electron chi connectivity index (χ2n) is 6.50. The van der Waals surface area contributed by atoms with E-state index in [0.29, 0.717) is 24.2 Å². The highest BCUT2D eigenvalue weighted by atomic mass is 16.3. The molecule has 1 fully saturated rings. The molecule has 0 saturated heterocycles. The lowest BCUT2D eigenvalue weighted by molar-refractivity contribution is 0.0569. The predicted octanol–water partition coefficient (Wildman–Crippen LogP) is 3.22. The van der Waals surface area contributed by atoms with Gasteiger partial charge in [0.2, 0.25) is 0 Å². The molecule has 2 aliphatic carbocycles. The Labute approximate surface area is 109 Å². The fourth-order valence-electron chi connectivity index (χ4n) is 3.98. The summed E-state index contributed by atoms with van der Waals surface area (Å²) in [5, 5.41) is 19.1. The van der Waals surface area contributed by atoms with Crippen LogP contribution < -0.4 is 0 Å². The third-order valence-corrected chi connectivity index (χ3v) is 5.08. The molecule has 1 saturated carbocycles. The molecule has 0 amide bonds. The van der Waals surface area contributed by atoms with Gasteiger partial charge in [-0.05, 0) is 72.6 Å². The molecule has 0 heterocycles. The maximum absolute atomic E-state index is 9.57. The van der Waals surface area contributed by atoms with Crippen LogP contribution in [0.1, 0.15) is 49.7 Å². The molecule has 3 unspecified atom stereocenters. The molecule has 3 atom stereocenters. The minimum Gasteiger partial charge on any atom is -0.508 e. The zero-order valence-corrected chi connectivity index (χ0v) is 11.0. The van der Waals surface area contributed by atoms with E-state index in [4.69, 9.17) is 0 Å². The Bertz CT molecular complexity index is 454. The van der Waals surface area contributed by atoms with Crippen molar-refractivity contribution in [1.29, 1.82) is 0 Å². The number of fused-ring (bicyclic) bond motifs is 3. The number of phenolic OH excluding ortho intramolecular Hbond substituents is 1. The van der Waals surface area contributed by atoms with Gasteiger partial charge in [-0.1, -0.05) is 13.0 Å². The van der Waals surface area contributed by atoms with Gasteiger partial charge in [0.25, 0.3) is 0 Å². The summed E-state index contributed by atoms with van der Waals surface area (Å²) in [6.45, 7) is 2.54. The van der Waals surface area contributed by atoms with Gasteiger partial charge in [-0.25, -0.2) is 0 Å². The molecule has 3 rings (SSSR count). The molecule has 1 aromatic carbocycles. The van der Waals surface area contributed by atoms with Crippen LogP contribution in [-0.4, -0.2) is 16.8 Å². The Kier molecular flexibility index (Phi) is 2.86. The normalized spacial score (nSPS) is 34.8. The van der Waals surface area contributed by atoms with Crippen LogP contribution in [0.2, 0.25) is 0 Å². The van der Waals surface area contributed by atoms with Crippen molar-refractivity contribution in [2.24, 2.45) is 11.3 Å². The number of aliphatic hydroxyl groups excluding tert-OH is 1. The lowest BCUT2D eigenvalue weighted by Gasteiger charge is -2.45. The van der Waals surface area contributed by atoms with E-state index in [2.05, 4.69) is 13.0 Å². The van der Waals surface area contributed by atoms with Crippen LogP contribution in [0.25, 0.3) is 0 Å². The van der Waals surface area contributed by atoms with Gasteiger partial charge in [-0.15, -0.1) is 0 Å². The fraction of sp³-hybridized carbons (Fsp3) is 0.625. The number of phenols is 1. The number of aliphatic hydroxyl groups is 1. The van der Waals surface area contributed by atoms with Crippen molar-refractivity contribution in [3.63, 3.8) is 0 Å². The van der Waals surface area contributed by atoms with Crippen molar-refractivity contribution in [1.82, 2.24) is 0 Å². The monoisotopic (exact) mass is 246 g/mol. The molecule has 0 radical (unpaired) electrons. The molecule has 18 heavy (non-hydrogen) atoms. The minimum atomic E-state index is 0.135. The van der Waals surface area contributed by atoms with Gasteiger partial charge < -0.3 is 10.2 Å². The number of hydrogen-bond acceptors (Lipinski definition) is 2. The SMILES string of the molecule is CC1(CO)CCC2c3ccc(O)cc3CCC2C1. The van der Waals surface area contributed by atoms with Crippen LogP contribution in [0.5, 0.6) is 5.75 Å². The summed E-state index contributed by atoms with van der Waals surface area (Å²) in [7, 11) is 0. The highest BCUT2D eigenvalue weighted by Gasteiger charge is 2.40. The molecule has 2 N–H and O–H groups in total. The van der Waals surface area contributed by atoms with Crippen molar-refractivity contribution < 1.29 is 10.2 Å². The molecular weight excluding hydrogens is 224 g/mol. The second kappa shape index (κ2) is 4.27. The lowest BCUT2D eigenvalue weighted by atomic mass is 9.61. The largest absolute Gasteiger partial charge is 0.508 e. The molecule has 0 bridgehead atoms. The van der Waals surface area contributed by atoms with E-state index < -0.39 is 0 Å². The van der Waals surface area contributed by atoms with Crippen LogP contribution in [0, 0.1) is 11.3 Å². The Balaban J connectivity index is 1.89. The van der Waals surface area contributed by atoms with Gasteiger partial charge in [0.05, 0.1) is 0 Å². The standard InChI is InChI=1S/C16H22O2/c1-16(10-17)7-6-15-12(9-16)3-2-11-8-13(18)4-5-14(11)15/h4-5,8,12,15,17-18H,2-3,6-7,9-10H2,1H3. The van der Waals surface area contributed by atoms with E-state index in [9.17, 15) is 10.2 Å². The molecular formula is C16H22O2. The molecule has 2 heteroatoms. The van der Waals surface area contributed by atoms with Gasteiger partial charge in [0.15, 0.2) is 0 Å². The average Bonchev–Trinajstić information content (AvgIpc) is 2.38. The molecule has 1 aromatic rings. The van der Waals surface area contributed by atoms with Gasteiger partial charge in [0, 0.05) is 6.61 Å². The predicted molar refractivity (Wildman–Crippen MR) is 71.7 cm³/mol. The Morgan fingerprint density at radius 1 is 1.33 bits per heavy atom. The summed E-state index contributed by atoms with van der Waals surface area (Å²) in [5.74, 6) is 1.75. The number of benzene rings is 1. The number of rotatable bonds is 1. The summed E-state index contributed by atoms with van der Waals surface area (Å²) in [4.78, 5) is 0. The summed E-state index contributed by atoms with van der Waals surface area (Å²) in [6, 6.07) is 5.87. The molecule has 0 aromatic heterocycles. The lowest BCUT2D eigenvalue weighted by Crippen LogP contribution is -2.35. The molecule has 0 spiro atoms. The van der Waals surface area contributed by atoms with Crippen molar-refractivity contribution in [2.45, 2.75) is 44.9 Å². The third kappa shape index (κ3) is 1.93.